The monoisotopic (exact) mass is 390 g/mol. The molecule has 0 spiro atoms. The lowest BCUT2D eigenvalue weighted by Gasteiger charge is -2.34. The van der Waals surface area contributed by atoms with Crippen molar-refractivity contribution in [3.63, 3.8) is 0 Å². The normalized spacial score (nSPS) is 18.9. The zero-order valence-electron chi connectivity index (χ0n) is 16.5. The van der Waals surface area contributed by atoms with Crippen molar-refractivity contribution in [2.75, 3.05) is 52.1 Å². The molecule has 1 aliphatic heterocycles. The predicted octanol–water partition coefficient (Wildman–Crippen LogP) is 0.899. The van der Waals surface area contributed by atoms with E-state index >= 15 is 0 Å². The summed E-state index contributed by atoms with van der Waals surface area (Å²) in [7, 11) is -1.54. The molecule has 8 nitrogen and oxygen atoms in total. The number of rotatable bonds is 9. The fraction of sp³-hybridized carbons (Fsp3) is 0.882. The lowest BCUT2D eigenvalue weighted by atomic mass is 9.98. The Kier molecular flexibility index (Phi) is 9.93. The summed E-state index contributed by atoms with van der Waals surface area (Å²) in [6.45, 7) is 9.05. The van der Waals surface area contributed by atoms with E-state index in [0.717, 1.165) is 31.9 Å². The van der Waals surface area contributed by atoms with Gasteiger partial charge in [0.1, 0.15) is 0 Å². The second-order valence-electron chi connectivity index (χ2n) is 6.35. The molecule has 1 unspecified atom stereocenters. The minimum atomic E-state index is -3.14. The van der Waals surface area contributed by atoms with Crippen LogP contribution in [-0.4, -0.2) is 81.7 Å². The summed E-state index contributed by atoms with van der Waals surface area (Å²) in [4.78, 5) is 18.7. The lowest BCUT2D eigenvalue weighted by molar-refractivity contribution is -0.149. The van der Waals surface area contributed by atoms with Crippen molar-refractivity contribution >= 4 is 22.0 Å². The van der Waals surface area contributed by atoms with Crippen LogP contribution in [0.2, 0.25) is 0 Å². The van der Waals surface area contributed by atoms with Crippen LogP contribution < -0.4 is 5.32 Å². The van der Waals surface area contributed by atoms with Crippen LogP contribution in [0, 0.1) is 5.92 Å². The summed E-state index contributed by atoms with van der Waals surface area (Å²) >= 11 is 0. The first-order chi connectivity index (χ1) is 12.4. The van der Waals surface area contributed by atoms with Gasteiger partial charge in [-0.2, -0.15) is 0 Å². The average molecular weight is 391 g/mol. The Morgan fingerprint density at radius 3 is 2.69 bits per heavy atom. The Morgan fingerprint density at radius 2 is 2.08 bits per heavy atom. The summed E-state index contributed by atoms with van der Waals surface area (Å²) in [6.07, 6.45) is 2.42. The van der Waals surface area contributed by atoms with Gasteiger partial charge in [0.15, 0.2) is 5.96 Å². The number of hydrogen-bond acceptors (Lipinski definition) is 5. The number of nitrogens with one attached hydrogen (secondary N) is 1. The predicted molar refractivity (Wildman–Crippen MR) is 104 cm³/mol. The summed E-state index contributed by atoms with van der Waals surface area (Å²) < 4.78 is 30.0. The van der Waals surface area contributed by atoms with Crippen LogP contribution in [0.5, 0.6) is 0 Å². The molecule has 1 fully saturated rings. The van der Waals surface area contributed by atoms with Gasteiger partial charge in [-0.1, -0.05) is 0 Å². The van der Waals surface area contributed by atoms with Gasteiger partial charge in [-0.15, -0.1) is 0 Å². The Hall–Kier alpha value is -1.35. The van der Waals surface area contributed by atoms with E-state index in [2.05, 4.69) is 15.2 Å². The highest BCUT2D eigenvalue weighted by Gasteiger charge is 2.28. The molecule has 0 amide bonds. The molecule has 1 atom stereocenters. The molecule has 152 valence electrons. The number of esters is 1. The summed E-state index contributed by atoms with van der Waals surface area (Å²) in [5, 5.41) is 3.27. The van der Waals surface area contributed by atoms with E-state index < -0.39 is 10.0 Å². The van der Waals surface area contributed by atoms with Crippen LogP contribution in [0.25, 0.3) is 0 Å². The second kappa shape index (κ2) is 11.4. The highest BCUT2D eigenvalue weighted by molar-refractivity contribution is 7.89. The van der Waals surface area contributed by atoms with Crippen LogP contribution in [0.15, 0.2) is 4.99 Å². The van der Waals surface area contributed by atoms with E-state index in [-0.39, 0.29) is 17.6 Å². The molecule has 9 heteroatoms. The quantitative estimate of drug-likeness (QED) is 0.272. The Balaban J connectivity index is 2.61. The SMILES string of the molecule is CCNC(=NCCCN(C)S(=O)(=O)CC)N1CCCC(C(=O)OCC)C1. The maximum absolute atomic E-state index is 12.0. The van der Waals surface area contributed by atoms with Crippen molar-refractivity contribution < 1.29 is 17.9 Å². The number of hydrogen-bond donors (Lipinski definition) is 1. The van der Waals surface area contributed by atoms with Crippen LogP contribution in [0.1, 0.15) is 40.0 Å². The molecule has 26 heavy (non-hydrogen) atoms. The van der Waals surface area contributed by atoms with Gasteiger partial charge in [0.2, 0.25) is 10.0 Å². The van der Waals surface area contributed by atoms with Gasteiger partial charge in [-0.05, 0) is 40.0 Å². The van der Waals surface area contributed by atoms with E-state index in [0.29, 0.717) is 32.7 Å². The zero-order chi connectivity index (χ0) is 19.6. The second-order valence-corrected chi connectivity index (χ2v) is 8.71. The first kappa shape index (κ1) is 22.7. The maximum Gasteiger partial charge on any atom is 0.310 e. The summed E-state index contributed by atoms with van der Waals surface area (Å²) in [6, 6.07) is 0. The molecule has 0 saturated carbocycles. The van der Waals surface area contributed by atoms with Crippen molar-refractivity contribution in [3.05, 3.63) is 0 Å². The largest absolute Gasteiger partial charge is 0.466 e. The fourth-order valence-electron chi connectivity index (χ4n) is 2.89. The number of aliphatic imine (C=N–C) groups is 1. The molecule has 0 bridgehead atoms. The van der Waals surface area contributed by atoms with E-state index in [1.54, 1.807) is 14.0 Å². The van der Waals surface area contributed by atoms with Crippen LogP contribution in [0.3, 0.4) is 0 Å². The Bertz CT molecular complexity index is 565. The molecule has 1 aliphatic rings. The van der Waals surface area contributed by atoms with Crippen molar-refractivity contribution in [1.82, 2.24) is 14.5 Å². The standard InChI is InChI=1S/C17H34N4O4S/c1-5-18-17(19-11-9-12-20(4)26(23,24)7-3)21-13-8-10-15(14-21)16(22)25-6-2/h15H,5-14H2,1-4H3,(H,18,19). The molecule has 0 aromatic heterocycles. The molecule has 0 aromatic rings. The maximum atomic E-state index is 12.0. The number of carbonyl (C=O) groups excluding carboxylic acids is 1. The first-order valence-corrected chi connectivity index (χ1v) is 11.1. The number of ether oxygens (including phenoxy) is 1. The molecule has 0 aliphatic carbocycles. The molecule has 1 rings (SSSR count). The Labute approximate surface area is 158 Å². The molecular weight excluding hydrogens is 356 g/mol. The van der Waals surface area contributed by atoms with E-state index in [9.17, 15) is 13.2 Å². The number of carbonyl (C=O) groups is 1. The number of sulfonamides is 1. The fourth-order valence-corrected chi connectivity index (χ4v) is 3.73. The van der Waals surface area contributed by atoms with Gasteiger partial charge >= 0.3 is 5.97 Å². The lowest BCUT2D eigenvalue weighted by Crippen LogP contribution is -2.48. The molecule has 1 N–H and O–H groups in total. The molecule has 1 heterocycles. The summed E-state index contributed by atoms with van der Waals surface area (Å²) in [5.74, 6) is 0.633. The highest BCUT2D eigenvalue weighted by atomic mass is 32.2. The smallest absolute Gasteiger partial charge is 0.310 e. The topological polar surface area (TPSA) is 91.3 Å². The molecule has 0 aromatic carbocycles. The van der Waals surface area contributed by atoms with Gasteiger partial charge in [-0.3, -0.25) is 9.79 Å². The minimum absolute atomic E-state index is 0.110. The van der Waals surface area contributed by atoms with Crippen molar-refractivity contribution in [3.8, 4) is 0 Å². The third-order valence-electron chi connectivity index (χ3n) is 4.41. The van der Waals surface area contributed by atoms with Gasteiger partial charge in [0.05, 0.1) is 18.3 Å². The van der Waals surface area contributed by atoms with E-state index in [1.807, 2.05) is 13.8 Å². The van der Waals surface area contributed by atoms with Crippen molar-refractivity contribution in [2.24, 2.45) is 10.9 Å². The van der Waals surface area contributed by atoms with Gasteiger partial charge in [-0.25, -0.2) is 12.7 Å². The van der Waals surface area contributed by atoms with Gasteiger partial charge in [0, 0.05) is 39.8 Å². The average Bonchev–Trinajstić information content (AvgIpc) is 2.64. The zero-order valence-corrected chi connectivity index (χ0v) is 17.3. The number of likely N-dealkylation sites (tertiary alicyclic amines) is 1. The number of nitrogens with zero attached hydrogens (tertiary/aromatic N) is 3. The molecule has 0 radical (unpaired) electrons. The Morgan fingerprint density at radius 1 is 1.35 bits per heavy atom. The third-order valence-corrected chi connectivity index (χ3v) is 6.27. The third kappa shape index (κ3) is 7.11. The van der Waals surface area contributed by atoms with Crippen molar-refractivity contribution in [2.45, 2.75) is 40.0 Å². The minimum Gasteiger partial charge on any atom is -0.466 e. The van der Waals surface area contributed by atoms with Crippen LogP contribution in [-0.2, 0) is 19.6 Å². The molecular formula is C17H34N4O4S. The van der Waals surface area contributed by atoms with E-state index in [4.69, 9.17) is 4.74 Å². The van der Waals surface area contributed by atoms with Gasteiger partial charge < -0.3 is 15.0 Å². The molecule has 1 saturated heterocycles. The first-order valence-electron chi connectivity index (χ1n) is 9.49. The number of guanidine groups is 1. The van der Waals surface area contributed by atoms with Crippen molar-refractivity contribution in [1.29, 1.82) is 0 Å². The van der Waals surface area contributed by atoms with Crippen LogP contribution >= 0.6 is 0 Å². The van der Waals surface area contributed by atoms with Crippen LogP contribution in [0.4, 0.5) is 0 Å². The summed E-state index contributed by atoms with van der Waals surface area (Å²) in [5.41, 5.74) is 0. The van der Waals surface area contributed by atoms with E-state index in [1.165, 1.54) is 4.31 Å². The number of piperidine rings is 1. The highest BCUT2D eigenvalue weighted by Crippen LogP contribution is 2.18. The van der Waals surface area contributed by atoms with Gasteiger partial charge in [0.25, 0.3) is 0 Å².